The van der Waals surface area contributed by atoms with Crippen LogP contribution in [-0.2, 0) is 26.2 Å². The highest BCUT2D eigenvalue weighted by Gasteiger charge is 2.32. The Labute approximate surface area is 183 Å². The molecule has 8 heteroatoms. The molecule has 0 aromatic heterocycles. The number of nitrogens with zero attached hydrogens (tertiary/aromatic N) is 1. The first-order valence-corrected chi connectivity index (χ1v) is 11.9. The highest BCUT2D eigenvalue weighted by molar-refractivity contribution is 7.89. The lowest BCUT2D eigenvalue weighted by atomic mass is 9.97. The van der Waals surface area contributed by atoms with Gasteiger partial charge in [-0.2, -0.15) is 4.31 Å². The largest absolute Gasteiger partial charge is 0.350 e. The van der Waals surface area contributed by atoms with E-state index in [2.05, 4.69) is 10.6 Å². The molecule has 1 aliphatic heterocycles. The van der Waals surface area contributed by atoms with Crippen molar-refractivity contribution in [2.75, 3.05) is 13.1 Å². The summed E-state index contributed by atoms with van der Waals surface area (Å²) in [4.78, 5) is 25.1. The molecule has 3 rings (SSSR count). The molecule has 0 spiro atoms. The maximum absolute atomic E-state index is 12.8. The zero-order valence-corrected chi connectivity index (χ0v) is 18.7. The number of carbonyl (C=O) groups is 2. The van der Waals surface area contributed by atoms with Crippen molar-refractivity contribution in [1.82, 2.24) is 14.9 Å². The molecule has 0 unspecified atom stereocenters. The molecule has 0 radical (unpaired) electrons. The summed E-state index contributed by atoms with van der Waals surface area (Å²) in [5, 5.41) is 5.57. The lowest BCUT2D eigenvalue weighted by Gasteiger charge is -2.31. The van der Waals surface area contributed by atoms with Crippen molar-refractivity contribution < 1.29 is 18.0 Å². The lowest BCUT2D eigenvalue weighted by Crippen LogP contribution is -2.49. The van der Waals surface area contributed by atoms with Crippen LogP contribution in [0.3, 0.4) is 0 Å². The third-order valence-corrected chi connectivity index (χ3v) is 7.46. The van der Waals surface area contributed by atoms with Crippen LogP contribution in [0, 0.1) is 12.8 Å². The van der Waals surface area contributed by atoms with Crippen LogP contribution in [-0.4, -0.2) is 43.7 Å². The third-order valence-electron chi connectivity index (χ3n) is 5.55. The molecular formula is C23H29N3O4S. The van der Waals surface area contributed by atoms with Gasteiger partial charge in [0.15, 0.2) is 0 Å². The molecule has 2 aromatic rings. The highest BCUT2D eigenvalue weighted by atomic mass is 32.2. The monoisotopic (exact) mass is 443 g/mol. The Bertz CT molecular complexity index is 999. The fraction of sp³-hybridized carbons (Fsp3) is 0.391. The Kier molecular flexibility index (Phi) is 7.46. The average molecular weight is 444 g/mol. The normalized spacial score (nSPS) is 16.5. The van der Waals surface area contributed by atoms with Crippen molar-refractivity contribution >= 4 is 21.8 Å². The standard InChI is InChI=1S/C23H29N3O4S/c1-17-8-10-21(11-9-17)31(29,30)26-14-12-20(13-15-26)23(28)25-18(2)22(27)24-16-19-6-4-3-5-7-19/h3-11,18,20H,12-16H2,1-2H3,(H,24,27)(H,25,28)/t18-/m0/s1. The van der Waals surface area contributed by atoms with Gasteiger partial charge in [0.05, 0.1) is 4.90 Å². The number of rotatable bonds is 7. The molecule has 2 aromatic carbocycles. The van der Waals surface area contributed by atoms with Crippen molar-refractivity contribution in [3.63, 3.8) is 0 Å². The number of aryl methyl sites for hydroxylation is 1. The number of carbonyl (C=O) groups excluding carboxylic acids is 2. The molecule has 2 amide bonds. The summed E-state index contributed by atoms with van der Waals surface area (Å²) in [6, 6.07) is 15.7. The van der Waals surface area contributed by atoms with Gasteiger partial charge in [0.1, 0.15) is 6.04 Å². The van der Waals surface area contributed by atoms with Crippen LogP contribution in [0.2, 0.25) is 0 Å². The van der Waals surface area contributed by atoms with E-state index in [4.69, 9.17) is 0 Å². The maximum Gasteiger partial charge on any atom is 0.243 e. The minimum Gasteiger partial charge on any atom is -0.350 e. The molecule has 1 saturated heterocycles. The first kappa shape index (κ1) is 23.0. The van der Waals surface area contributed by atoms with Gasteiger partial charge in [-0.3, -0.25) is 9.59 Å². The van der Waals surface area contributed by atoms with Gasteiger partial charge in [-0.25, -0.2) is 8.42 Å². The van der Waals surface area contributed by atoms with Crippen molar-refractivity contribution in [2.45, 2.75) is 44.2 Å². The molecule has 31 heavy (non-hydrogen) atoms. The summed E-state index contributed by atoms with van der Waals surface area (Å²) in [5.41, 5.74) is 1.98. The summed E-state index contributed by atoms with van der Waals surface area (Å²) in [5.74, 6) is -0.778. The molecule has 166 valence electrons. The Morgan fingerprint density at radius 3 is 2.26 bits per heavy atom. The second kappa shape index (κ2) is 10.1. The highest BCUT2D eigenvalue weighted by Crippen LogP contribution is 2.24. The van der Waals surface area contributed by atoms with Crippen molar-refractivity contribution in [1.29, 1.82) is 0 Å². The molecule has 2 N–H and O–H groups in total. The van der Waals surface area contributed by atoms with Gasteiger partial charge < -0.3 is 10.6 Å². The van der Waals surface area contributed by atoms with E-state index in [0.29, 0.717) is 19.4 Å². The number of hydrogen-bond donors (Lipinski definition) is 2. The van der Waals surface area contributed by atoms with E-state index in [1.54, 1.807) is 31.2 Å². The minimum absolute atomic E-state index is 0.213. The molecule has 1 fully saturated rings. The number of amides is 2. The van der Waals surface area contributed by atoms with Crippen LogP contribution >= 0.6 is 0 Å². The number of hydrogen-bond acceptors (Lipinski definition) is 4. The van der Waals surface area contributed by atoms with Gasteiger partial charge in [0, 0.05) is 25.6 Å². The molecule has 1 heterocycles. The Morgan fingerprint density at radius 2 is 1.65 bits per heavy atom. The van der Waals surface area contributed by atoms with E-state index in [0.717, 1.165) is 11.1 Å². The average Bonchev–Trinajstić information content (AvgIpc) is 2.78. The zero-order valence-electron chi connectivity index (χ0n) is 17.9. The maximum atomic E-state index is 12.8. The molecular weight excluding hydrogens is 414 g/mol. The second-order valence-corrected chi connectivity index (χ2v) is 9.86. The van der Waals surface area contributed by atoms with E-state index in [-0.39, 0.29) is 35.7 Å². The van der Waals surface area contributed by atoms with Crippen LogP contribution in [0.5, 0.6) is 0 Å². The lowest BCUT2D eigenvalue weighted by molar-refractivity contribution is -0.131. The minimum atomic E-state index is -3.56. The van der Waals surface area contributed by atoms with E-state index in [1.807, 2.05) is 37.3 Å². The van der Waals surface area contributed by atoms with Gasteiger partial charge in [0.25, 0.3) is 0 Å². The SMILES string of the molecule is Cc1ccc(S(=O)(=O)N2CCC(C(=O)N[C@@H](C)C(=O)NCc3ccccc3)CC2)cc1. The Morgan fingerprint density at radius 1 is 1.03 bits per heavy atom. The van der Waals surface area contributed by atoms with E-state index in [1.165, 1.54) is 4.31 Å². The molecule has 0 saturated carbocycles. The van der Waals surface area contributed by atoms with Crippen molar-refractivity contribution in [2.24, 2.45) is 5.92 Å². The quantitative estimate of drug-likeness (QED) is 0.686. The molecule has 0 bridgehead atoms. The van der Waals surface area contributed by atoms with Gasteiger partial charge in [-0.1, -0.05) is 48.0 Å². The fourth-order valence-corrected chi connectivity index (χ4v) is 5.02. The van der Waals surface area contributed by atoms with Gasteiger partial charge in [0.2, 0.25) is 21.8 Å². The molecule has 7 nitrogen and oxygen atoms in total. The topological polar surface area (TPSA) is 95.6 Å². The summed E-state index contributed by atoms with van der Waals surface area (Å²) < 4.78 is 27.0. The number of nitrogens with one attached hydrogen (secondary N) is 2. The number of sulfonamides is 1. The van der Waals surface area contributed by atoms with Gasteiger partial charge in [-0.05, 0) is 44.4 Å². The van der Waals surface area contributed by atoms with Crippen LogP contribution in [0.4, 0.5) is 0 Å². The predicted molar refractivity (Wildman–Crippen MR) is 119 cm³/mol. The van der Waals surface area contributed by atoms with Crippen LogP contribution in [0.1, 0.15) is 30.9 Å². The summed E-state index contributed by atoms with van der Waals surface area (Å²) in [6.07, 6.45) is 0.852. The predicted octanol–water partition coefficient (Wildman–Crippen LogP) is 2.22. The van der Waals surface area contributed by atoms with E-state index in [9.17, 15) is 18.0 Å². The van der Waals surface area contributed by atoms with Crippen LogP contribution in [0.25, 0.3) is 0 Å². The van der Waals surface area contributed by atoms with Crippen LogP contribution in [0.15, 0.2) is 59.5 Å². The Hall–Kier alpha value is -2.71. The van der Waals surface area contributed by atoms with Crippen molar-refractivity contribution in [3.05, 3.63) is 65.7 Å². The molecule has 1 atom stereocenters. The molecule has 0 aliphatic carbocycles. The first-order valence-electron chi connectivity index (χ1n) is 10.5. The van der Waals surface area contributed by atoms with Crippen molar-refractivity contribution in [3.8, 4) is 0 Å². The smallest absolute Gasteiger partial charge is 0.243 e. The number of piperidine rings is 1. The van der Waals surface area contributed by atoms with E-state index >= 15 is 0 Å². The summed E-state index contributed by atoms with van der Waals surface area (Å²) in [7, 11) is -3.56. The van der Waals surface area contributed by atoms with Gasteiger partial charge in [-0.15, -0.1) is 0 Å². The first-order chi connectivity index (χ1) is 14.8. The third kappa shape index (κ3) is 5.92. The second-order valence-electron chi connectivity index (χ2n) is 7.93. The van der Waals surface area contributed by atoms with E-state index < -0.39 is 16.1 Å². The fourth-order valence-electron chi connectivity index (χ4n) is 3.55. The summed E-state index contributed by atoms with van der Waals surface area (Å²) in [6.45, 7) is 4.51. The van der Waals surface area contributed by atoms with Gasteiger partial charge >= 0.3 is 0 Å². The zero-order chi connectivity index (χ0) is 22.4. The summed E-state index contributed by atoms with van der Waals surface area (Å²) >= 11 is 0. The number of benzene rings is 2. The Balaban J connectivity index is 1.48. The molecule has 1 aliphatic rings. The van der Waals surface area contributed by atoms with Crippen LogP contribution < -0.4 is 10.6 Å².